The van der Waals surface area contributed by atoms with E-state index in [1.54, 1.807) is 17.2 Å². The molecular weight excluding hydrogens is 198 g/mol. The Kier molecular flexibility index (Phi) is 4.49. The number of carbonyl (C=O) groups excluding carboxylic acids is 1. The molecule has 0 aliphatic carbocycles. The van der Waals surface area contributed by atoms with Crippen molar-refractivity contribution in [1.29, 1.82) is 0 Å². The van der Waals surface area contributed by atoms with Gasteiger partial charge in [-0.15, -0.1) is 11.8 Å². The molecule has 0 radical (unpaired) electrons. The van der Waals surface area contributed by atoms with Crippen molar-refractivity contribution in [3.63, 3.8) is 0 Å². The molecule has 1 amide bonds. The van der Waals surface area contributed by atoms with Crippen LogP contribution in [0.3, 0.4) is 0 Å². The molecule has 0 aliphatic heterocycles. The van der Waals surface area contributed by atoms with Gasteiger partial charge in [0.15, 0.2) is 0 Å². The molecule has 1 aromatic carbocycles. The van der Waals surface area contributed by atoms with E-state index in [0.29, 0.717) is 12.8 Å². The van der Waals surface area contributed by atoms with Crippen molar-refractivity contribution in [3.8, 4) is 0 Å². The molecule has 76 valence electrons. The van der Waals surface area contributed by atoms with Gasteiger partial charge in [0.1, 0.15) is 0 Å². The smallest absolute Gasteiger partial charge is 0.243 e. The Morgan fingerprint density at radius 2 is 2.07 bits per heavy atom. The van der Waals surface area contributed by atoms with Gasteiger partial charge in [0.05, 0.1) is 0 Å². The van der Waals surface area contributed by atoms with E-state index in [1.165, 1.54) is 4.90 Å². The van der Waals surface area contributed by atoms with E-state index in [0.717, 1.165) is 5.56 Å². The summed E-state index contributed by atoms with van der Waals surface area (Å²) >= 11 is 1.69. The predicted octanol–water partition coefficient (Wildman–Crippen LogP) is 1.85. The first-order valence-corrected chi connectivity index (χ1v) is 5.54. The van der Waals surface area contributed by atoms with Crippen molar-refractivity contribution < 1.29 is 10.0 Å². The summed E-state index contributed by atoms with van der Waals surface area (Å²) in [4.78, 5) is 12.0. The van der Waals surface area contributed by atoms with E-state index >= 15 is 0 Å². The average molecular weight is 211 g/mol. The molecule has 0 fully saturated rings. The highest BCUT2D eigenvalue weighted by molar-refractivity contribution is 7.98. The highest BCUT2D eigenvalue weighted by Gasteiger charge is 2.00. The SMILES string of the molecule is CSc1ccc(CCC(=O)NO)cc1. The Hall–Kier alpha value is -1.00. The van der Waals surface area contributed by atoms with Crippen LogP contribution in [0.25, 0.3) is 0 Å². The summed E-state index contributed by atoms with van der Waals surface area (Å²) in [5.41, 5.74) is 2.72. The molecule has 0 bridgehead atoms. The maximum absolute atomic E-state index is 10.7. The number of carbonyl (C=O) groups is 1. The zero-order valence-corrected chi connectivity index (χ0v) is 8.80. The first kappa shape index (κ1) is 11.1. The van der Waals surface area contributed by atoms with Crippen LogP contribution in [0.1, 0.15) is 12.0 Å². The number of benzene rings is 1. The normalized spacial score (nSPS) is 9.86. The van der Waals surface area contributed by atoms with Gasteiger partial charge >= 0.3 is 0 Å². The zero-order chi connectivity index (χ0) is 10.4. The Morgan fingerprint density at radius 3 is 2.57 bits per heavy atom. The van der Waals surface area contributed by atoms with Crippen LogP contribution < -0.4 is 5.48 Å². The van der Waals surface area contributed by atoms with Gasteiger partial charge in [0, 0.05) is 11.3 Å². The van der Waals surface area contributed by atoms with Crippen LogP contribution in [0.5, 0.6) is 0 Å². The van der Waals surface area contributed by atoms with Crippen molar-refractivity contribution >= 4 is 17.7 Å². The van der Waals surface area contributed by atoms with E-state index in [9.17, 15) is 4.79 Å². The number of nitrogens with one attached hydrogen (secondary N) is 1. The standard InChI is InChI=1S/C10H13NO2S/c1-14-9-5-2-8(3-6-9)4-7-10(12)11-13/h2-3,5-6,13H,4,7H2,1H3,(H,11,12). The van der Waals surface area contributed by atoms with Crippen LogP contribution >= 0.6 is 11.8 Å². The fourth-order valence-corrected chi connectivity index (χ4v) is 1.51. The summed E-state index contributed by atoms with van der Waals surface area (Å²) in [5.74, 6) is -0.348. The number of hydrogen-bond acceptors (Lipinski definition) is 3. The molecule has 1 aromatic rings. The second-order valence-electron chi connectivity index (χ2n) is 2.88. The minimum atomic E-state index is -0.348. The maximum Gasteiger partial charge on any atom is 0.243 e. The second-order valence-corrected chi connectivity index (χ2v) is 3.76. The minimum Gasteiger partial charge on any atom is -0.289 e. The molecule has 0 saturated heterocycles. The van der Waals surface area contributed by atoms with Crippen molar-refractivity contribution in [2.45, 2.75) is 17.7 Å². The summed E-state index contributed by atoms with van der Waals surface area (Å²) in [7, 11) is 0. The van der Waals surface area contributed by atoms with Crippen molar-refractivity contribution in [2.75, 3.05) is 6.26 Å². The Labute approximate surface area is 87.5 Å². The topological polar surface area (TPSA) is 49.3 Å². The summed E-state index contributed by atoms with van der Waals surface area (Å²) in [6, 6.07) is 8.04. The van der Waals surface area contributed by atoms with Gasteiger partial charge in [0.25, 0.3) is 0 Å². The third-order valence-electron chi connectivity index (χ3n) is 1.92. The van der Waals surface area contributed by atoms with Crippen molar-refractivity contribution in [3.05, 3.63) is 29.8 Å². The molecule has 0 heterocycles. The van der Waals surface area contributed by atoms with Gasteiger partial charge in [-0.1, -0.05) is 12.1 Å². The molecule has 4 heteroatoms. The quantitative estimate of drug-likeness (QED) is 0.454. The van der Waals surface area contributed by atoms with E-state index in [4.69, 9.17) is 5.21 Å². The molecular formula is C10H13NO2S. The average Bonchev–Trinajstić information content (AvgIpc) is 2.26. The molecule has 0 aliphatic rings. The Bertz CT molecular complexity index is 297. The summed E-state index contributed by atoms with van der Waals surface area (Å²) in [6.45, 7) is 0. The lowest BCUT2D eigenvalue weighted by atomic mass is 10.1. The molecule has 0 spiro atoms. The highest BCUT2D eigenvalue weighted by atomic mass is 32.2. The van der Waals surface area contributed by atoms with Crippen molar-refractivity contribution in [2.24, 2.45) is 0 Å². The molecule has 0 unspecified atom stereocenters. The largest absolute Gasteiger partial charge is 0.289 e. The predicted molar refractivity (Wildman–Crippen MR) is 56.5 cm³/mol. The van der Waals surface area contributed by atoms with E-state index in [2.05, 4.69) is 0 Å². The number of hydrogen-bond donors (Lipinski definition) is 2. The van der Waals surface area contributed by atoms with Gasteiger partial charge in [-0.05, 0) is 30.4 Å². The lowest BCUT2D eigenvalue weighted by molar-refractivity contribution is -0.129. The molecule has 2 N–H and O–H groups in total. The zero-order valence-electron chi connectivity index (χ0n) is 7.99. The maximum atomic E-state index is 10.7. The highest BCUT2D eigenvalue weighted by Crippen LogP contribution is 2.15. The van der Waals surface area contributed by atoms with Gasteiger partial charge < -0.3 is 0 Å². The molecule has 0 atom stereocenters. The van der Waals surface area contributed by atoms with Crippen LogP contribution in [0.4, 0.5) is 0 Å². The Balaban J connectivity index is 2.47. The van der Waals surface area contributed by atoms with E-state index < -0.39 is 0 Å². The van der Waals surface area contributed by atoms with Gasteiger partial charge in [-0.3, -0.25) is 10.0 Å². The number of thioether (sulfide) groups is 1. The summed E-state index contributed by atoms with van der Waals surface area (Å²) in [6.07, 6.45) is 2.99. The van der Waals surface area contributed by atoms with Crippen LogP contribution in [-0.4, -0.2) is 17.4 Å². The first-order valence-electron chi connectivity index (χ1n) is 4.32. The third kappa shape index (κ3) is 3.40. The van der Waals surface area contributed by atoms with E-state index in [1.807, 2.05) is 30.5 Å². The minimum absolute atomic E-state index is 0.315. The van der Waals surface area contributed by atoms with Crippen LogP contribution in [-0.2, 0) is 11.2 Å². The molecule has 1 rings (SSSR count). The monoisotopic (exact) mass is 211 g/mol. The van der Waals surface area contributed by atoms with Crippen LogP contribution in [0, 0.1) is 0 Å². The fraction of sp³-hybridized carbons (Fsp3) is 0.300. The lowest BCUT2D eigenvalue weighted by Crippen LogP contribution is -2.18. The number of amides is 1. The van der Waals surface area contributed by atoms with Gasteiger partial charge in [-0.25, -0.2) is 5.48 Å². The fourth-order valence-electron chi connectivity index (χ4n) is 1.11. The van der Waals surface area contributed by atoms with Crippen molar-refractivity contribution in [1.82, 2.24) is 5.48 Å². The van der Waals surface area contributed by atoms with Gasteiger partial charge in [0.2, 0.25) is 5.91 Å². The Morgan fingerprint density at radius 1 is 1.43 bits per heavy atom. The molecule has 3 nitrogen and oxygen atoms in total. The molecule has 0 aromatic heterocycles. The van der Waals surface area contributed by atoms with E-state index in [-0.39, 0.29) is 5.91 Å². The number of rotatable bonds is 4. The third-order valence-corrected chi connectivity index (χ3v) is 2.67. The molecule has 0 saturated carbocycles. The second kappa shape index (κ2) is 5.67. The summed E-state index contributed by atoms with van der Waals surface area (Å²) < 4.78 is 0. The lowest BCUT2D eigenvalue weighted by Gasteiger charge is -2.01. The van der Waals surface area contributed by atoms with Crippen LogP contribution in [0.15, 0.2) is 29.2 Å². The first-order chi connectivity index (χ1) is 6.76. The molecule has 14 heavy (non-hydrogen) atoms. The summed E-state index contributed by atoms with van der Waals surface area (Å²) in [5, 5.41) is 8.29. The van der Waals surface area contributed by atoms with Gasteiger partial charge in [-0.2, -0.15) is 0 Å². The number of hydroxylamine groups is 1. The van der Waals surface area contributed by atoms with Crippen LogP contribution in [0.2, 0.25) is 0 Å². The number of aryl methyl sites for hydroxylation is 1.